The van der Waals surface area contributed by atoms with Gasteiger partial charge in [-0.25, -0.2) is 4.98 Å². The number of aromatic nitrogens is 2. The summed E-state index contributed by atoms with van der Waals surface area (Å²) in [6.45, 7) is 4.55. The molecule has 100 valence electrons. The average Bonchev–Trinajstić information content (AvgIpc) is 2.43. The van der Waals surface area contributed by atoms with Crippen molar-refractivity contribution in [3.63, 3.8) is 0 Å². The van der Waals surface area contributed by atoms with E-state index in [1.807, 2.05) is 30.0 Å². The van der Waals surface area contributed by atoms with Crippen LogP contribution in [0.25, 0.3) is 5.65 Å². The van der Waals surface area contributed by atoms with Crippen molar-refractivity contribution < 1.29 is 4.74 Å². The van der Waals surface area contributed by atoms with Gasteiger partial charge in [-0.15, -0.1) is 0 Å². The minimum atomic E-state index is -0.204. The van der Waals surface area contributed by atoms with Gasteiger partial charge < -0.3 is 15.4 Å². The fourth-order valence-electron chi connectivity index (χ4n) is 2.36. The first-order valence-electron chi connectivity index (χ1n) is 6.29. The van der Waals surface area contributed by atoms with E-state index in [0.717, 1.165) is 5.69 Å². The molecule has 1 fully saturated rings. The van der Waals surface area contributed by atoms with Crippen molar-refractivity contribution >= 4 is 17.2 Å². The molecule has 2 aromatic rings. The lowest BCUT2D eigenvalue weighted by Gasteiger charge is -2.28. The highest BCUT2D eigenvalue weighted by molar-refractivity contribution is 5.65. The lowest BCUT2D eigenvalue weighted by atomic mass is 10.3. The second kappa shape index (κ2) is 4.55. The van der Waals surface area contributed by atoms with E-state index in [-0.39, 0.29) is 11.2 Å². The van der Waals surface area contributed by atoms with E-state index in [1.54, 1.807) is 4.40 Å². The third kappa shape index (κ3) is 1.94. The van der Waals surface area contributed by atoms with E-state index in [1.165, 1.54) is 0 Å². The summed E-state index contributed by atoms with van der Waals surface area (Å²) in [5, 5.41) is 0. The fourth-order valence-corrected chi connectivity index (χ4v) is 2.36. The molecule has 2 aromatic heterocycles. The Morgan fingerprint density at radius 1 is 1.32 bits per heavy atom. The van der Waals surface area contributed by atoms with Gasteiger partial charge in [-0.3, -0.25) is 9.20 Å². The van der Waals surface area contributed by atoms with Gasteiger partial charge in [-0.05, 0) is 19.1 Å². The Kier molecular flexibility index (Phi) is 2.87. The number of hydrogen-bond donors (Lipinski definition) is 1. The van der Waals surface area contributed by atoms with Crippen molar-refractivity contribution in [2.75, 3.05) is 36.9 Å². The monoisotopic (exact) mass is 260 g/mol. The van der Waals surface area contributed by atoms with Gasteiger partial charge in [-0.1, -0.05) is 6.07 Å². The maximum absolute atomic E-state index is 12.4. The Morgan fingerprint density at radius 2 is 2.05 bits per heavy atom. The average molecular weight is 260 g/mol. The van der Waals surface area contributed by atoms with E-state index in [2.05, 4.69) is 4.98 Å². The standard InChI is InChI=1S/C13H16N4O2/c1-9-3-2-4-10-15-12(11(14)13(18)17(9)10)16-5-7-19-8-6-16/h2-4H,5-8,14H2,1H3. The highest BCUT2D eigenvalue weighted by atomic mass is 16.5. The summed E-state index contributed by atoms with van der Waals surface area (Å²) in [5.74, 6) is 0.568. The quantitative estimate of drug-likeness (QED) is 0.804. The lowest BCUT2D eigenvalue weighted by molar-refractivity contribution is 0.122. The predicted molar refractivity (Wildman–Crippen MR) is 73.6 cm³/mol. The molecule has 0 saturated carbocycles. The molecule has 6 nitrogen and oxygen atoms in total. The first-order chi connectivity index (χ1) is 9.18. The molecule has 1 saturated heterocycles. The Labute approximate surface area is 110 Å². The first kappa shape index (κ1) is 12.0. The molecule has 0 amide bonds. The molecule has 3 heterocycles. The molecule has 0 bridgehead atoms. The van der Waals surface area contributed by atoms with Crippen LogP contribution in [0.15, 0.2) is 23.0 Å². The van der Waals surface area contributed by atoms with Crippen molar-refractivity contribution in [1.29, 1.82) is 0 Å². The Hall–Kier alpha value is -2.08. The maximum atomic E-state index is 12.4. The summed E-state index contributed by atoms with van der Waals surface area (Å²) in [6.07, 6.45) is 0. The minimum Gasteiger partial charge on any atom is -0.391 e. The molecule has 0 unspecified atom stereocenters. The lowest BCUT2D eigenvalue weighted by Crippen LogP contribution is -2.38. The topological polar surface area (TPSA) is 72.9 Å². The molecule has 1 aliphatic heterocycles. The molecule has 0 aliphatic carbocycles. The Morgan fingerprint density at radius 3 is 2.79 bits per heavy atom. The largest absolute Gasteiger partial charge is 0.391 e. The molecular weight excluding hydrogens is 244 g/mol. The van der Waals surface area contributed by atoms with E-state index in [4.69, 9.17) is 10.5 Å². The molecule has 1 aliphatic rings. The van der Waals surface area contributed by atoms with Gasteiger partial charge in [0.05, 0.1) is 13.2 Å². The predicted octanol–water partition coefficient (Wildman–Crippen LogP) is 0.422. The zero-order valence-corrected chi connectivity index (χ0v) is 10.8. The van der Waals surface area contributed by atoms with Crippen LogP contribution in [0.5, 0.6) is 0 Å². The molecular formula is C13H16N4O2. The van der Waals surface area contributed by atoms with Crippen molar-refractivity contribution in [3.8, 4) is 0 Å². The van der Waals surface area contributed by atoms with Crippen LogP contribution in [0.4, 0.5) is 11.5 Å². The van der Waals surface area contributed by atoms with Crippen LogP contribution in [-0.2, 0) is 4.74 Å². The number of pyridine rings is 1. The minimum absolute atomic E-state index is 0.203. The van der Waals surface area contributed by atoms with E-state index < -0.39 is 0 Å². The Bertz CT molecular complexity index is 674. The number of nitrogen functional groups attached to an aromatic ring is 1. The molecule has 0 radical (unpaired) electrons. The number of aryl methyl sites for hydroxylation is 1. The van der Waals surface area contributed by atoms with Gasteiger partial charge in [0.1, 0.15) is 11.3 Å². The molecule has 6 heteroatoms. The van der Waals surface area contributed by atoms with Gasteiger partial charge in [0.2, 0.25) is 0 Å². The summed E-state index contributed by atoms with van der Waals surface area (Å²) in [6, 6.07) is 5.57. The number of rotatable bonds is 1. The normalized spacial score (nSPS) is 15.9. The number of morpholine rings is 1. The van der Waals surface area contributed by atoms with E-state index >= 15 is 0 Å². The first-order valence-corrected chi connectivity index (χ1v) is 6.29. The fraction of sp³-hybridized carbons (Fsp3) is 0.385. The van der Waals surface area contributed by atoms with Gasteiger partial charge in [0, 0.05) is 18.8 Å². The second-order valence-corrected chi connectivity index (χ2v) is 4.61. The number of nitrogens with two attached hydrogens (primary N) is 1. The molecule has 2 N–H and O–H groups in total. The highest BCUT2D eigenvalue weighted by Crippen LogP contribution is 2.19. The van der Waals surface area contributed by atoms with Crippen LogP contribution in [0, 0.1) is 6.92 Å². The van der Waals surface area contributed by atoms with Crippen molar-refractivity contribution in [2.24, 2.45) is 0 Å². The third-order valence-corrected chi connectivity index (χ3v) is 3.37. The van der Waals surface area contributed by atoms with Crippen LogP contribution < -0.4 is 16.2 Å². The number of nitrogens with zero attached hydrogens (tertiary/aromatic N) is 3. The maximum Gasteiger partial charge on any atom is 0.283 e. The van der Waals surface area contributed by atoms with Gasteiger partial charge in [0.15, 0.2) is 5.82 Å². The molecule has 0 spiro atoms. The summed E-state index contributed by atoms with van der Waals surface area (Å²) in [5.41, 5.74) is 7.42. The summed E-state index contributed by atoms with van der Waals surface area (Å²) >= 11 is 0. The van der Waals surface area contributed by atoms with E-state index in [9.17, 15) is 4.79 Å². The molecule has 19 heavy (non-hydrogen) atoms. The zero-order chi connectivity index (χ0) is 13.4. The van der Waals surface area contributed by atoms with Crippen LogP contribution in [0.2, 0.25) is 0 Å². The van der Waals surface area contributed by atoms with Gasteiger partial charge in [-0.2, -0.15) is 0 Å². The molecule has 0 atom stereocenters. The summed E-state index contributed by atoms with van der Waals surface area (Å²) in [4.78, 5) is 18.9. The van der Waals surface area contributed by atoms with Crippen molar-refractivity contribution in [3.05, 3.63) is 34.2 Å². The summed E-state index contributed by atoms with van der Waals surface area (Å²) < 4.78 is 6.85. The molecule has 3 rings (SSSR count). The van der Waals surface area contributed by atoms with Crippen LogP contribution in [0.1, 0.15) is 5.69 Å². The highest BCUT2D eigenvalue weighted by Gasteiger charge is 2.18. The second-order valence-electron chi connectivity index (χ2n) is 4.61. The SMILES string of the molecule is Cc1cccc2nc(N3CCOCC3)c(N)c(=O)n12. The number of fused-ring (bicyclic) bond motifs is 1. The van der Waals surface area contributed by atoms with Crippen LogP contribution in [0.3, 0.4) is 0 Å². The Balaban J connectivity index is 2.21. The smallest absolute Gasteiger partial charge is 0.283 e. The molecule has 0 aromatic carbocycles. The van der Waals surface area contributed by atoms with Crippen LogP contribution in [-0.4, -0.2) is 35.7 Å². The number of ether oxygens (including phenoxy) is 1. The zero-order valence-electron chi connectivity index (χ0n) is 10.8. The number of hydrogen-bond acceptors (Lipinski definition) is 5. The van der Waals surface area contributed by atoms with Crippen molar-refractivity contribution in [1.82, 2.24) is 9.38 Å². The van der Waals surface area contributed by atoms with Crippen LogP contribution >= 0.6 is 0 Å². The van der Waals surface area contributed by atoms with E-state index in [0.29, 0.717) is 37.8 Å². The summed E-state index contributed by atoms with van der Waals surface area (Å²) in [7, 11) is 0. The third-order valence-electron chi connectivity index (χ3n) is 3.37. The number of anilines is 2. The van der Waals surface area contributed by atoms with Gasteiger partial charge in [0.25, 0.3) is 5.56 Å². The van der Waals surface area contributed by atoms with Gasteiger partial charge >= 0.3 is 0 Å². The van der Waals surface area contributed by atoms with Crippen molar-refractivity contribution in [2.45, 2.75) is 6.92 Å².